The molecule has 144 valence electrons. The van der Waals surface area contributed by atoms with Gasteiger partial charge in [0.05, 0.1) is 22.5 Å². The van der Waals surface area contributed by atoms with E-state index in [1.807, 2.05) is 24.3 Å². The number of hydrogen-bond acceptors (Lipinski definition) is 2. The molecule has 4 rings (SSSR count). The fourth-order valence-electron chi connectivity index (χ4n) is 3.69. The summed E-state index contributed by atoms with van der Waals surface area (Å²) in [4.78, 5) is 13.6. The molecule has 2 heterocycles. The van der Waals surface area contributed by atoms with E-state index >= 15 is 0 Å². The Hall–Kier alpha value is -3.09. The molecule has 1 fully saturated rings. The predicted octanol–water partition coefficient (Wildman–Crippen LogP) is 4.55. The van der Waals surface area contributed by atoms with E-state index in [-0.39, 0.29) is 11.8 Å². The Morgan fingerprint density at radius 3 is 2.54 bits per heavy atom. The second kappa shape index (κ2) is 6.82. The fraction of sp³-hybridized carbons (Fsp3) is 0.238. The molecule has 0 aliphatic carbocycles. The number of nitrogens with zero attached hydrogens (tertiary/aromatic N) is 3. The van der Waals surface area contributed by atoms with E-state index in [4.69, 9.17) is 5.10 Å². The lowest BCUT2D eigenvalue weighted by atomic mass is 10.0. The minimum Gasteiger partial charge on any atom is -0.338 e. The first-order valence-electron chi connectivity index (χ1n) is 8.95. The maximum absolute atomic E-state index is 12.9. The van der Waals surface area contributed by atoms with E-state index < -0.39 is 11.7 Å². The highest BCUT2D eigenvalue weighted by Crippen LogP contribution is 2.34. The van der Waals surface area contributed by atoms with Gasteiger partial charge < -0.3 is 4.90 Å². The van der Waals surface area contributed by atoms with Gasteiger partial charge in [-0.15, -0.1) is 0 Å². The number of amides is 1. The van der Waals surface area contributed by atoms with Crippen LogP contribution in [0.1, 0.15) is 23.6 Å². The van der Waals surface area contributed by atoms with Crippen LogP contribution < -0.4 is 0 Å². The minimum atomic E-state index is -4.37. The van der Waals surface area contributed by atoms with Crippen LogP contribution in [0.15, 0.2) is 61.2 Å². The van der Waals surface area contributed by atoms with Crippen LogP contribution in [0.3, 0.4) is 0 Å². The van der Waals surface area contributed by atoms with Crippen LogP contribution in [0.2, 0.25) is 0 Å². The quantitative estimate of drug-likeness (QED) is 0.621. The average molecular weight is 385 g/mol. The van der Waals surface area contributed by atoms with Crippen LogP contribution in [0.5, 0.6) is 0 Å². The number of alkyl halides is 3. The van der Waals surface area contributed by atoms with Crippen LogP contribution in [-0.2, 0) is 11.0 Å². The second-order valence-corrected chi connectivity index (χ2v) is 6.83. The van der Waals surface area contributed by atoms with Gasteiger partial charge in [0.25, 0.3) is 0 Å². The number of para-hydroxylation sites is 1. The molecule has 1 aromatic heterocycles. The Balaban J connectivity index is 1.73. The first-order valence-corrected chi connectivity index (χ1v) is 8.95. The van der Waals surface area contributed by atoms with Crippen molar-refractivity contribution in [2.45, 2.75) is 18.5 Å². The Morgan fingerprint density at radius 1 is 1.14 bits per heavy atom. The molecule has 1 aliphatic rings. The van der Waals surface area contributed by atoms with Crippen LogP contribution in [-0.4, -0.2) is 33.7 Å². The largest absolute Gasteiger partial charge is 0.416 e. The zero-order valence-electron chi connectivity index (χ0n) is 15.0. The highest BCUT2D eigenvalue weighted by Gasteiger charge is 2.31. The summed E-state index contributed by atoms with van der Waals surface area (Å²) in [5, 5.41) is 5.67. The van der Waals surface area contributed by atoms with Crippen molar-refractivity contribution in [1.29, 1.82) is 0 Å². The van der Waals surface area contributed by atoms with Crippen molar-refractivity contribution < 1.29 is 18.0 Å². The van der Waals surface area contributed by atoms with Gasteiger partial charge in [-0.3, -0.25) is 4.79 Å². The second-order valence-electron chi connectivity index (χ2n) is 6.83. The number of benzene rings is 2. The van der Waals surface area contributed by atoms with E-state index in [1.54, 1.807) is 9.58 Å². The van der Waals surface area contributed by atoms with E-state index in [1.165, 1.54) is 18.2 Å². The molecule has 2 aromatic carbocycles. The number of aromatic nitrogens is 2. The molecule has 4 nitrogen and oxygen atoms in total. The normalized spacial score (nSPS) is 17.2. The van der Waals surface area contributed by atoms with Crippen molar-refractivity contribution in [3.63, 3.8) is 0 Å². The molecule has 1 amide bonds. The van der Waals surface area contributed by atoms with Crippen LogP contribution in [0, 0.1) is 0 Å². The van der Waals surface area contributed by atoms with Gasteiger partial charge in [0.15, 0.2) is 0 Å². The summed E-state index contributed by atoms with van der Waals surface area (Å²) in [5.74, 6) is -0.0292. The van der Waals surface area contributed by atoms with E-state index in [0.717, 1.165) is 35.2 Å². The first-order chi connectivity index (χ1) is 13.4. The molecule has 28 heavy (non-hydrogen) atoms. The van der Waals surface area contributed by atoms with Crippen molar-refractivity contribution >= 4 is 16.8 Å². The lowest BCUT2D eigenvalue weighted by Crippen LogP contribution is -2.26. The molecule has 1 saturated heterocycles. The van der Waals surface area contributed by atoms with Gasteiger partial charge in [-0.1, -0.05) is 24.8 Å². The molecule has 0 bridgehead atoms. The van der Waals surface area contributed by atoms with Crippen LogP contribution in [0.4, 0.5) is 13.2 Å². The Morgan fingerprint density at radius 2 is 1.86 bits per heavy atom. The number of carbonyl (C=O) groups excluding carboxylic acids is 1. The van der Waals surface area contributed by atoms with Gasteiger partial charge in [0.1, 0.15) is 0 Å². The van der Waals surface area contributed by atoms with Crippen LogP contribution >= 0.6 is 0 Å². The molecular formula is C21H18F3N3O. The summed E-state index contributed by atoms with van der Waals surface area (Å²) in [5.41, 5.74) is 1.55. The highest BCUT2D eigenvalue weighted by molar-refractivity contribution is 5.88. The molecule has 7 heteroatoms. The number of rotatable bonds is 3. The number of halogens is 3. The Bertz CT molecular complexity index is 1040. The van der Waals surface area contributed by atoms with E-state index in [2.05, 4.69) is 6.58 Å². The van der Waals surface area contributed by atoms with Crippen molar-refractivity contribution in [1.82, 2.24) is 14.7 Å². The van der Waals surface area contributed by atoms with Crippen LogP contribution in [0.25, 0.3) is 16.6 Å². The summed E-state index contributed by atoms with van der Waals surface area (Å²) in [6.45, 7) is 4.72. The number of likely N-dealkylation sites (tertiary alicyclic amines) is 1. The highest BCUT2D eigenvalue weighted by atomic mass is 19.4. The predicted molar refractivity (Wildman–Crippen MR) is 100 cm³/mol. The van der Waals surface area contributed by atoms with Crippen molar-refractivity contribution in [2.75, 3.05) is 13.1 Å². The third kappa shape index (κ3) is 3.17. The maximum atomic E-state index is 12.9. The summed E-state index contributed by atoms with van der Waals surface area (Å²) >= 11 is 0. The molecule has 0 N–H and O–H groups in total. The van der Waals surface area contributed by atoms with Crippen molar-refractivity contribution in [3.05, 3.63) is 72.4 Å². The smallest absolute Gasteiger partial charge is 0.338 e. The number of carbonyl (C=O) groups is 1. The van der Waals surface area contributed by atoms with E-state index in [0.29, 0.717) is 18.8 Å². The van der Waals surface area contributed by atoms with Gasteiger partial charge in [-0.2, -0.15) is 18.3 Å². The van der Waals surface area contributed by atoms with Gasteiger partial charge in [-0.25, -0.2) is 4.68 Å². The standard InChI is InChI=1S/C21H18F3N3O/c1-2-19(28)26-12-11-14(13-26)20-17-5-3-4-6-18(17)27(25-20)16-9-7-15(8-10-16)21(22,23)24/h2-10,14H,1,11-13H2. The summed E-state index contributed by atoms with van der Waals surface area (Å²) in [6.07, 6.45) is -2.28. The molecule has 1 aliphatic heterocycles. The third-order valence-electron chi connectivity index (χ3n) is 5.12. The number of fused-ring (bicyclic) bond motifs is 1. The van der Waals surface area contributed by atoms with Crippen molar-refractivity contribution in [3.8, 4) is 5.69 Å². The average Bonchev–Trinajstić information content (AvgIpc) is 3.32. The molecule has 1 unspecified atom stereocenters. The summed E-state index contributed by atoms with van der Waals surface area (Å²) in [6, 6.07) is 12.6. The molecule has 0 saturated carbocycles. The van der Waals surface area contributed by atoms with E-state index in [9.17, 15) is 18.0 Å². The monoisotopic (exact) mass is 385 g/mol. The van der Waals surface area contributed by atoms with Gasteiger partial charge in [-0.05, 0) is 42.8 Å². The molecule has 0 spiro atoms. The summed E-state index contributed by atoms with van der Waals surface area (Å²) < 4.78 is 40.2. The van der Waals surface area contributed by atoms with Crippen molar-refractivity contribution in [2.24, 2.45) is 0 Å². The SMILES string of the molecule is C=CC(=O)N1CCC(c2nn(-c3ccc(C(F)(F)F)cc3)c3ccccc23)C1. The lowest BCUT2D eigenvalue weighted by molar-refractivity contribution is -0.137. The Kier molecular flexibility index (Phi) is 4.45. The zero-order valence-corrected chi connectivity index (χ0v) is 15.0. The number of hydrogen-bond donors (Lipinski definition) is 0. The fourth-order valence-corrected chi connectivity index (χ4v) is 3.69. The zero-order chi connectivity index (χ0) is 19.9. The topological polar surface area (TPSA) is 38.1 Å². The molecule has 3 aromatic rings. The molecular weight excluding hydrogens is 367 g/mol. The van der Waals surface area contributed by atoms with Gasteiger partial charge >= 0.3 is 6.18 Å². The minimum absolute atomic E-state index is 0.0736. The molecule has 0 radical (unpaired) electrons. The maximum Gasteiger partial charge on any atom is 0.416 e. The Labute approximate surface area is 159 Å². The first kappa shape index (κ1) is 18.3. The van der Waals surface area contributed by atoms with Gasteiger partial charge in [0.2, 0.25) is 5.91 Å². The van der Waals surface area contributed by atoms with Gasteiger partial charge in [0, 0.05) is 24.4 Å². The lowest BCUT2D eigenvalue weighted by Gasteiger charge is -2.13. The third-order valence-corrected chi connectivity index (χ3v) is 5.12. The molecule has 1 atom stereocenters. The summed E-state index contributed by atoms with van der Waals surface area (Å²) in [7, 11) is 0.